The normalized spacial score (nSPS) is 15.8. The zero-order valence-corrected chi connectivity index (χ0v) is 15.7. The fourth-order valence-corrected chi connectivity index (χ4v) is 3.61. The van der Waals surface area contributed by atoms with E-state index in [4.69, 9.17) is 4.74 Å². The number of ether oxygens (including phenoxy) is 1. The SMILES string of the molecule is CN(C)CCOc1ccc(NC(=O)C2(c3ccccc3)CCCC2)cc1. The quantitative estimate of drug-likeness (QED) is 0.816. The number of hydrogen-bond acceptors (Lipinski definition) is 3. The number of rotatable bonds is 7. The maximum absolute atomic E-state index is 13.1. The standard InChI is InChI=1S/C22H28N2O2/c1-24(2)16-17-26-20-12-10-19(11-13-20)23-21(25)22(14-6-7-15-22)18-8-4-3-5-9-18/h3-5,8-13H,6-7,14-17H2,1-2H3,(H,23,25). The molecule has 0 bridgehead atoms. The lowest BCUT2D eigenvalue weighted by atomic mass is 9.78. The van der Waals surface area contributed by atoms with E-state index in [1.165, 1.54) is 0 Å². The summed E-state index contributed by atoms with van der Waals surface area (Å²) in [6.07, 6.45) is 4.02. The van der Waals surface area contributed by atoms with Crippen molar-refractivity contribution < 1.29 is 9.53 Å². The highest BCUT2D eigenvalue weighted by Gasteiger charge is 2.42. The van der Waals surface area contributed by atoms with Crippen LogP contribution in [0.15, 0.2) is 54.6 Å². The Kier molecular flexibility index (Phi) is 5.94. The molecule has 0 radical (unpaired) electrons. The molecule has 0 saturated heterocycles. The van der Waals surface area contributed by atoms with Crippen LogP contribution in [0.25, 0.3) is 0 Å². The molecule has 4 nitrogen and oxygen atoms in total. The lowest BCUT2D eigenvalue weighted by Crippen LogP contribution is -2.37. The minimum atomic E-state index is -0.401. The second kappa shape index (κ2) is 8.37. The Labute approximate surface area is 156 Å². The first-order chi connectivity index (χ1) is 12.6. The fourth-order valence-electron chi connectivity index (χ4n) is 3.61. The van der Waals surface area contributed by atoms with Crippen LogP contribution in [0, 0.1) is 0 Å². The molecule has 1 fully saturated rings. The Balaban J connectivity index is 1.67. The third-order valence-electron chi connectivity index (χ3n) is 5.14. The van der Waals surface area contributed by atoms with Crippen molar-refractivity contribution in [2.75, 3.05) is 32.6 Å². The first kappa shape index (κ1) is 18.5. The molecule has 138 valence electrons. The maximum atomic E-state index is 13.1. The lowest BCUT2D eigenvalue weighted by molar-refractivity contribution is -0.121. The highest BCUT2D eigenvalue weighted by molar-refractivity contribution is 5.99. The predicted octanol–water partition coefficient (Wildman–Crippen LogP) is 4.08. The van der Waals surface area contributed by atoms with Gasteiger partial charge in [-0.25, -0.2) is 0 Å². The lowest BCUT2D eigenvalue weighted by Gasteiger charge is -2.28. The van der Waals surface area contributed by atoms with E-state index in [2.05, 4.69) is 22.3 Å². The first-order valence-corrected chi connectivity index (χ1v) is 9.35. The van der Waals surface area contributed by atoms with E-state index < -0.39 is 5.41 Å². The molecule has 1 aliphatic carbocycles. The van der Waals surface area contributed by atoms with Gasteiger partial charge in [0.25, 0.3) is 0 Å². The second-order valence-corrected chi connectivity index (χ2v) is 7.29. The molecule has 0 unspecified atom stereocenters. The molecular weight excluding hydrogens is 324 g/mol. The van der Waals surface area contributed by atoms with Gasteiger partial charge in [-0.05, 0) is 56.8 Å². The zero-order chi connectivity index (χ0) is 18.4. The molecule has 0 aromatic heterocycles. The van der Waals surface area contributed by atoms with E-state index in [9.17, 15) is 4.79 Å². The Morgan fingerprint density at radius 1 is 1.04 bits per heavy atom. The molecule has 2 aromatic carbocycles. The van der Waals surface area contributed by atoms with Crippen LogP contribution >= 0.6 is 0 Å². The van der Waals surface area contributed by atoms with E-state index in [1.54, 1.807) is 0 Å². The first-order valence-electron chi connectivity index (χ1n) is 9.35. The number of likely N-dealkylation sites (N-methyl/N-ethyl adjacent to an activating group) is 1. The summed E-state index contributed by atoms with van der Waals surface area (Å²) in [5.41, 5.74) is 1.54. The minimum Gasteiger partial charge on any atom is -0.492 e. The number of carbonyl (C=O) groups excluding carboxylic acids is 1. The van der Waals surface area contributed by atoms with E-state index in [-0.39, 0.29) is 5.91 Å². The predicted molar refractivity (Wildman–Crippen MR) is 106 cm³/mol. The highest BCUT2D eigenvalue weighted by atomic mass is 16.5. The van der Waals surface area contributed by atoms with E-state index in [0.29, 0.717) is 6.61 Å². The van der Waals surface area contributed by atoms with E-state index in [0.717, 1.165) is 49.2 Å². The summed E-state index contributed by atoms with van der Waals surface area (Å²) in [6.45, 7) is 1.52. The molecule has 0 atom stereocenters. The second-order valence-electron chi connectivity index (χ2n) is 7.29. The molecule has 26 heavy (non-hydrogen) atoms. The third kappa shape index (κ3) is 4.25. The largest absolute Gasteiger partial charge is 0.492 e. The molecule has 1 amide bonds. The Morgan fingerprint density at radius 3 is 2.31 bits per heavy atom. The molecule has 3 rings (SSSR count). The van der Waals surface area contributed by atoms with Crippen LogP contribution in [0.3, 0.4) is 0 Å². The van der Waals surface area contributed by atoms with Gasteiger partial charge in [0.1, 0.15) is 12.4 Å². The van der Waals surface area contributed by atoms with Gasteiger partial charge in [0, 0.05) is 12.2 Å². The summed E-state index contributed by atoms with van der Waals surface area (Å²) in [5, 5.41) is 3.12. The Hall–Kier alpha value is -2.33. The average molecular weight is 352 g/mol. The van der Waals surface area contributed by atoms with Crippen LogP contribution in [-0.2, 0) is 10.2 Å². The summed E-state index contributed by atoms with van der Waals surface area (Å²) in [7, 11) is 4.04. The third-order valence-corrected chi connectivity index (χ3v) is 5.14. The van der Waals surface area contributed by atoms with Gasteiger partial charge in [0.2, 0.25) is 5.91 Å². The van der Waals surface area contributed by atoms with Crippen molar-refractivity contribution >= 4 is 11.6 Å². The molecule has 4 heteroatoms. The van der Waals surface area contributed by atoms with Crippen molar-refractivity contribution in [1.29, 1.82) is 0 Å². The molecule has 0 heterocycles. The summed E-state index contributed by atoms with van der Waals surface area (Å²) in [6, 6.07) is 17.8. The number of hydrogen-bond donors (Lipinski definition) is 1. The van der Waals surface area contributed by atoms with E-state index >= 15 is 0 Å². The van der Waals surface area contributed by atoms with Crippen LogP contribution in [-0.4, -0.2) is 38.1 Å². The van der Waals surface area contributed by atoms with Crippen molar-refractivity contribution in [2.24, 2.45) is 0 Å². The molecule has 2 aromatic rings. The smallest absolute Gasteiger partial charge is 0.235 e. The van der Waals surface area contributed by atoms with Gasteiger partial charge in [0.15, 0.2) is 0 Å². The Morgan fingerprint density at radius 2 is 1.69 bits per heavy atom. The summed E-state index contributed by atoms with van der Waals surface area (Å²) < 4.78 is 5.71. The zero-order valence-electron chi connectivity index (χ0n) is 15.7. The minimum absolute atomic E-state index is 0.0995. The number of amides is 1. The van der Waals surface area contributed by atoms with Crippen LogP contribution < -0.4 is 10.1 Å². The van der Waals surface area contributed by atoms with Crippen LogP contribution in [0.2, 0.25) is 0 Å². The topological polar surface area (TPSA) is 41.6 Å². The number of nitrogens with one attached hydrogen (secondary N) is 1. The molecule has 0 spiro atoms. The number of carbonyl (C=O) groups is 1. The molecule has 1 aliphatic rings. The van der Waals surface area contributed by atoms with Gasteiger partial charge in [-0.15, -0.1) is 0 Å². The number of benzene rings is 2. The van der Waals surface area contributed by atoms with Gasteiger partial charge in [0.05, 0.1) is 5.41 Å². The van der Waals surface area contributed by atoms with Crippen LogP contribution in [0.5, 0.6) is 5.75 Å². The monoisotopic (exact) mass is 352 g/mol. The molecule has 0 aliphatic heterocycles. The van der Waals surface area contributed by atoms with Crippen molar-refractivity contribution in [2.45, 2.75) is 31.1 Å². The van der Waals surface area contributed by atoms with Gasteiger partial charge in [-0.2, -0.15) is 0 Å². The van der Waals surface area contributed by atoms with Gasteiger partial charge < -0.3 is 15.0 Å². The van der Waals surface area contributed by atoms with E-state index in [1.807, 2.05) is 56.6 Å². The maximum Gasteiger partial charge on any atom is 0.235 e. The van der Waals surface area contributed by atoms with Crippen molar-refractivity contribution in [3.8, 4) is 5.75 Å². The molecular formula is C22H28N2O2. The van der Waals surface area contributed by atoms with Gasteiger partial charge >= 0.3 is 0 Å². The van der Waals surface area contributed by atoms with Crippen molar-refractivity contribution in [3.63, 3.8) is 0 Å². The average Bonchev–Trinajstić information content (AvgIpc) is 3.15. The summed E-state index contributed by atoms with van der Waals surface area (Å²) in [5.74, 6) is 0.922. The molecule has 1 N–H and O–H groups in total. The summed E-state index contributed by atoms with van der Waals surface area (Å²) >= 11 is 0. The van der Waals surface area contributed by atoms with Crippen LogP contribution in [0.4, 0.5) is 5.69 Å². The van der Waals surface area contributed by atoms with Crippen LogP contribution in [0.1, 0.15) is 31.2 Å². The Bertz CT molecular complexity index is 705. The summed E-state index contributed by atoms with van der Waals surface area (Å²) in [4.78, 5) is 15.2. The van der Waals surface area contributed by atoms with Gasteiger partial charge in [-0.1, -0.05) is 43.2 Å². The van der Waals surface area contributed by atoms with Crippen molar-refractivity contribution in [1.82, 2.24) is 4.90 Å². The number of anilines is 1. The highest BCUT2D eigenvalue weighted by Crippen LogP contribution is 2.42. The van der Waals surface area contributed by atoms with Gasteiger partial charge in [-0.3, -0.25) is 4.79 Å². The fraction of sp³-hybridized carbons (Fsp3) is 0.409. The number of nitrogens with zero attached hydrogens (tertiary/aromatic N) is 1. The van der Waals surface area contributed by atoms with Crippen molar-refractivity contribution in [3.05, 3.63) is 60.2 Å². The molecule has 1 saturated carbocycles.